The summed E-state index contributed by atoms with van der Waals surface area (Å²) >= 11 is 0. The van der Waals surface area contributed by atoms with E-state index in [9.17, 15) is 5.11 Å². The minimum atomic E-state index is -0.369. The van der Waals surface area contributed by atoms with Crippen LogP contribution in [-0.2, 0) is 0 Å². The number of rotatable bonds is 4. The molecular weight excluding hydrogens is 218 g/mol. The minimum absolute atomic E-state index is 0.0676. The molecule has 0 spiro atoms. The molecule has 1 aromatic heterocycles. The highest BCUT2D eigenvalue weighted by Crippen LogP contribution is 2.33. The maximum Gasteiger partial charge on any atom is 0.0951 e. The molecule has 3 atom stereocenters. The Balaban J connectivity index is 2.13. The molecule has 1 saturated carbocycles. The van der Waals surface area contributed by atoms with Crippen LogP contribution in [-0.4, -0.2) is 33.0 Å². The molecule has 17 heavy (non-hydrogen) atoms. The molecule has 1 aliphatic rings. The highest BCUT2D eigenvalue weighted by Gasteiger charge is 2.25. The van der Waals surface area contributed by atoms with Crippen LogP contribution in [0.5, 0.6) is 0 Å². The molecule has 0 aromatic carbocycles. The Bertz CT molecular complexity index is 353. The molecule has 1 aliphatic carbocycles. The monoisotopic (exact) mass is 239 g/mol. The topological polar surface area (TPSA) is 84.3 Å². The molecule has 0 aliphatic heterocycles. The zero-order valence-corrected chi connectivity index (χ0v) is 10.00. The zero-order valence-electron chi connectivity index (χ0n) is 10.00. The summed E-state index contributed by atoms with van der Waals surface area (Å²) in [6, 6.07) is -0.0111. The fourth-order valence-corrected chi connectivity index (χ4v) is 2.68. The normalized spacial score (nSPS) is 27.0. The van der Waals surface area contributed by atoms with Crippen molar-refractivity contribution in [2.75, 3.05) is 13.2 Å². The molecule has 4 N–H and O–H groups in total. The van der Waals surface area contributed by atoms with Crippen LogP contribution in [0.3, 0.4) is 0 Å². The van der Waals surface area contributed by atoms with Crippen molar-refractivity contribution in [3.63, 3.8) is 0 Å². The van der Waals surface area contributed by atoms with Gasteiger partial charge in [0.25, 0.3) is 0 Å². The molecule has 0 saturated heterocycles. The molecule has 3 unspecified atom stereocenters. The summed E-state index contributed by atoms with van der Waals surface area (Å²) in [4.78, 5) is 4.13. The molecular formula is C12H21N3O2. The SMILES string of the molecule is NC(CO)c1cncn1C1CCCC(CO)C1. The van der Waals surface area contributed by atoms with Crippen LogP contribution >= 0.6 is 0 Å². The van der Waals surface area contributed by atoms with Gasteiger partial charge in [-0.25, -0.2) is 4.98 Å². The summed E-state index contributed by atoms with van der Waals surface area (Å²) in [6.45, 7) is 0.189. The van der Waals surface area contributed by atoms with E-state index in [0.29, 0.717) is 12.0 Å². The first-order chi connectivity index (χ1) is 8.26. The third-order valence-corrected chi connectivity index (χ3v) is 3.68. The predicted molar refractivity (Wildman–Crippen MR) is 64.3 cm³/mol. The van der Waals surface area contributed by atoms with Crippen molar-refractivity contribution in [2.45, 2.75) is 37.8 Å². The lowest BCUT2D eigenvalue weighted by atomic mass is 9.86. The van der Waals surface area contributed by atoms with Gasteiger partial charge in [-0.05, 0) is 25.2 Å². The molecule has 5 heteroatoms. The van der Waals surface area contributed by atoms with Gasteiger partial charge in [0, 0.05) is 18.8 Å². The molecule has 1 heterocycles. The average Bonchev–Trinajstić information content (AvgIpc) is 2.87. The Hall–Kier alpha value is -0.910. The van der Waals surface area contributed by atoms with E-state index < -0.39 is 0 Å². The first kappa shape index (κ1) is 12.5. The Kier molecular flexibility index (Phi) is 4.15. The van der Waals surface area contributed by atoms with Crippen molar-refractivity contribution < 1.29 is 10.2 Å². The summed E-state index contributed by atoms with van der Waals surface area (Å²) < 4.78 is 2.07. The lowest BCUT2D eigenvalue weighted by Gasteiger charge is -2.30. The van der Waals surface area contributed by atoms with E-state index in [0.717, 1.165) is 31.4 Å². The van der Waals surface area contributed by atoms with Crippen LogP contribution in [0.2, 0.25) is 0 Å². The van der Waals surface area contributed by atoms with Crippen molar-refractivity contribution in [1.82, 2.24) is 9.55 Å². The Morgan fingerprint density at radius 2 is 2.29 bits per heavy atom. The number of aromatic nitrogens is 2. The Morgan fingerprint density at radius 3 is 3.00 bits per heavy atom. The standard InChI is InChI=1S/C12H21N3O2/c13-11(7-17)12-5-14-8-15(12)10-3-1-2-9(4-10)6-16/h5,8-11,16-17H,1-4,6-7,13H2. The summed E-state index contributed by atoms with van der Waals surface area (Å²) in [7, 11) is 0. The maximum absolute atomic E-state index is 9.24. The van der Waals surface area contributed by atoms with E-state index in [1.54, 1.807) is 12.5 Å². The van der Waals surface area contributed by atoms with E-state index in [2.05, 4.69) is 9.55 Å². The van der Waals surface area contributed by atoms with Crippen LogP contribution in [0.4, 0.5) is 0 Å². The van der Waals surface area contributed by atoms with Crippen molar-refractivity contribution in [2.24, 2.45) is 11.7 Å². The lowest BCUT2D eigenvalue weighted by Crippen LogP contribution is -2.25. The quantitative estimate of drug-likeness (QED) is 0.718. The van der Waals surface area contributed by atoms with Gasteiger partial charge in [-0.15, -0.1) is 0 Å². The summed E-state index contributed by atoms with van der Waals surface area (Å²) in [6.07, 6.45) is 7.81. The largest absolute Gasteiger partial charge is 0.396 e. The second-order valence-electron chi connectivity index (χ2n) is 4.88. The van der Waals surface area contributed by atoms with Gasteiger partial charge in [0.15, 0.2) is 0 Å². The zero-order chi connectivity index (χ0) is 12.3. The highest BCUT2D eigenvalue weighted by molar-refractivity contribution is 5.06. The number of imidazole rings is 1. The van der Waals surface area contributed by atoms with E-state index in [1.807, 2.05) is 0 Å². The first-order valence-corrected chi connectivity index (χ1v) is 6.25. The molecule has 2 rings (SSSR count). The predicted octanol–water partition coefficient (Wildman–Crippen LogP) is 0.599. The van der Waals surface area contributed by atoms with Gasteiger partial charge in [-0.3, -0.25) is 0 Å². The molecule has 1 fully saturated rings. The molecule has 1 aromatic rings. The lowest BCUT2D eigenvalue weighted by molar-refractivity contribution is 0.160. The van der Waals surface area contributed by atoms with E-state index >= 15 is 0 Å². The van der Waals surface area contributed by atoms with Gasteiger partial charge in [0.1, 0.15) is 0 Å². The number of hydrogen-bond acceptors (Lipinski definition) is 4. The highest BCUT2D eigenvalue weighted by atomic mass is 16.3. The van der Waals surface area contributed by atoms with Gasteiger partial charge in [0.2, 0.25) is 0 Å². The number of nitrogens with two attached hydrogens (primary N) is 1. The van der Waals surface area contributed by atoms with Crippen LogP contribution in [0, 0.1) is 5.92 Å². The summed E-state index contributed by atoms with van der Waals surface area (Å²) in [5, 5.41) is 18.4. The van der Waals surface area contributed by atoms with E-state index in [1.165, 1.54) is 0 Å². The molecule has 0 bridgehead atoms. The smallest absolute Gasteiger partial charge is 0.0951 e. The van der Waals surface area contributed by atoms with Crippen LogP contribution < -0.4 is 5.73 Å². The number of hydrogen-bond donors (Lipinski definition) is 3. The Morgan fingerprint density at radius 1 is 1.47 bits per heavy atom. The summed E-state index contributed by atoms with van der Waals surface area (Å²) in [5.74, 6) is 0.384. The van der Waals surface area contributed by atoms with Gasteiger partial charge < -0.3 is 20.5 Å². The number of aliphatic hydroxyl groups excluding tert-OH is 2. The average molecular weight is 239 g/mol. The van der Waals surface area contributed by atoms with Crippen LogP contribution in [0.25, 0.3) is 0 Å². The first-order valence-electron chi connectivity index (χ1n) is 6.25. The fourth-order valence-electron chi connectivity index (χ4n) is 2.68. The molecule has 5 nitrogen and oxygen atoms in total. The third kappa shape index (κ3) is 2.68. The van der Waals surface area contributed by atoms with Crippen molar-refractivity contribution >= 4 is 0 Å². The summed E-state index contributed by atoms with van der Waals surface area (Å²) in [5.41, 5.74) is 6.74. The maximum atomic E-state index is 9.24. The minimum Gasteiger partial charge on any atom is -0.396 e. The van der Waals surface area contributed by atoms with Crippen LogP contribution in [0.15, 0.2) is 12.5 Å². The molecule has 96 valence electrons. The van der Waals surface area contributed by atoms with E-state index in [-0.39, 0.29) is 19.3 Å². The van der Waals surface area contributed by atoms with Gasteiger partial charge >= 0.3 is 0 Å². The number of aliphatic hydroxyl groups is 2. The fraction of sp³-hybridized carbons (Fsp3) is 0.750. The second kappa shape index (κ2) is 5.62. The van der Waals surface area contributed by atoms with Crippen molar-refractivity contribution in [3.05, 3.63) is 18.2 Å². The molecule has 0 amide bonds. The van der Waals surface area contributed by atoms with Crippen molar-refractivity contribution in [3.8, 4) is 0 Å². The Labute approximate surface area is 101 Å². The van der Waals surface area contributed by atoms with E-state index in [4.69, 9.17) is 10.8 Å². The van der Waals surface area contributed by atoms with Gasteiger partial charge in [0.05, 0.1) is 24.7 Å². The van der Waals surface area contributed by atoms with Crippen molar-refractivity contribution in [1.29, 1.82) is 0 Å². The van der Waals surface area contributed by atoms with Gasteiger partial charge in [-0.1, -0.05) is 6.42 Å². The third-order valence-electron chi connectivity index (χ3n) is 3.68. The molecule has 0 radical (unpaired) electrons. The van der Waals surface area contributed by atoms with Gasteiger partial charge in [-0.2, -0.15) is 0 Å². The number of nitrogens with zero attached hydrogens (tertiary/aromatic N) is 2. The van der Waals surface area contributed by atoms with Crippen LogP contribution in [0.1, 0.15) is 43.5 Å². The second-order valence-corrected chi connectivity index (χ2v) is 4.88.